The van der Waals surface area contributed by atoms with Gasteiger partial charge in [0.05, 0.1) is 11.0 Å². The SMILES string of the molecule is COCC(=O)NCCCCCc1nc2ccccc2n1CC(=O)N(c1ccccc1)C(C)C. The fourth-order valence-electron chi connectivity index (χ4n) is 4.02. The number of ether oxygens (including phenoxy) is 1. The second-order valence-corrected chi connectivity index (χ2v) is 8.39. The topological polar surface area (TPSA) is 76.5 Å². The van der Waals surface area contributed by atoms with E-state index in [1.165, 1.54) is 7.11 Å². The lowest BCUT2D eigenvalue weighted by Gasteiger charge is -2.27. The number of anilines is 1. The second kappa shape index (κ2) is 12.2. The normalized spacial score (nSPS) is 11.2. The Balaban J connectivity index is 1.68. The van der Waals surface area contributed by atoms with Crippen LogP contribution in [-0.4, -0.2) is 47.7 Å². The monoisotopic (exact) mass is 450 g/mol. The largest absolute Gasteiger partial charge is 0.375 e. The summed E-state index contributed by atoms with van der Waals surface area (Å²) in [6.45, 7) is 5.04. The van der Waals surface area contributed by atoms with Crippen molar-refractivity contribution in [1.29, 1.82) is 0 Å². The number of carbonyl (C=O) groups excluding carboxylic acids is 2. The number of para-hydroxylation sites is 3. The Morgan fingerprint density at radius 1 is 1.03 bits per heavy atom. The molecule has 0 saturated carbocycles. The minimum absolute atomic E-state index is 0.0430. The van der Waals surface area contributed by atoms with Crippen molar-refractivity contribution in [3.8, 4) is 0 Å². The molecule has 7 nitrogen and oxygen atoms in total. The minimum Gasteiger partial charge on any atom is -0.375 e. The number of aryl methyl sites for hydroxylation is 1. The summed E-state index contributed by atoms with van der Waals surface area (Å²) in [5, 5.41) is 2.84. The molecule has 0 spiro atoms. The molecule has 1 aromatic heterocycles. The average Bonchev–Trinajstić information content (AvgIpc) is 3.14. The van der Waals surface area contributed by atoms with Gasteiger partial charge in [-0.15, -0.1) is 0 Å². The van der Waals surface area contributed by atoms with Gasteiger partial charge in [0, 0.05) is 31.8 Å². The Kier molecular flexibility index (Phi) is 9.01. The lowest BCUT2D eigenvalue weighted by atomic mass is 10.2. The van der Waals surface area contributed by atoms with E-state index in [9.17, 15) is 9.59 Å². The Hall–Kier alpha value is -3.19. The highest BCUT2D eigenvalue weighted by Crippen LogP contribution is 2.21. The molecule has 0 fully saturated rings. The van der Waals surface area contributed by atoms with Crippen molar-refractivity contribution in [2.45, 2.75) is 52.1 Å². The van der Waals surface area contributed by atoms with Crippen LogP contribution in [0.15, 0.2) is 54.6 Å². The fourth-order valence-corrected chi connectivity index (χ4v) is 4.02. The number of benzene rings is 2. The number of rotatable bonds is 12. The van der Waals surface area contributed by atoms with Gasteiger partial charge in [-0.05, 0) is 51.0 Å². The number of hydrogen-bond donors (Lipinski definition) is 1. The lowest BCUT2D eigenvalue weighted by molar-refractivity contribution is -0.124. The first-order valence-corrected chi connectivity index (χ1v) is 11.6. The van der Waals surface area contributed by atoms with Gasteiger partial charge in [0.15, 0.2) is 0 Å². The highest BCUT2D eigenvalue weighted by molar-refractivity contribution is 5.94. The molecule has 0 saturated heterocycles. The summed E-state index contributed by atoms with van der Waals surface area (Å²) in [6, 6.07) is 17.8. The first kappa shape index (κ1) is 24.5. The zero-order valence-electron chi connectivity index (χ0n) is 19.8. The van der Waals surface area contributed by atoms with E-state index < -0.39 is 0 Å². The maximum atomic E-state index is 13.4. The Bertz CT molecular complexity index is 1050. The summed E-state index contributed by atoms with van der Waals surface area (Å²) in [7, 11) is 1.51. The minimum atomic E-state index is -0.0917. The third-order valence-corrected chi connectivity index (χ3v) is 5.52. The molecular weight excluding hydrogens is 416 g/mol. The van der Waals surface area contributed by atoms with Gasteiger partial charge in [-0.2, -0.15) is 0 Å². The van der Waals surface area contributed by atoms with E-state index in [1.54, 1.807) is 0 Å². The lowest BCUT2D eigenvalue weighted by Crippen LogP contribution is -2.39. The number of aromatic nitrogens is 2. The van der Waals surface area contributed by atoms with Gasteiger partial charge >= 0.3 is 0 Å². The van der Waals surface area contributed by atoms with E-state index in [2.05, 4.69) is 9.88 Å². The summed E-state index contributed by atoms with van der Waals surface area (Å²) in [5.74, 6) is 0.872. The number of methoxy groups -OCH3 is 1. The molecule has 3 rings (SSSR count). The van der Waals surface area contributed by atoms with Crippen LogP contribution in [-0.2, 0) is 27.3 Å². The van der Waals surface area contributed by atoms with Gasteiger partial charge in [0.25, 0.3) is 0 Å². The maximum absolute atomic E-state index is 13.4. The molecule has 33 heavy (non-hydrogen) atoms. The predicted octanol–water partition coefficient (Wildman–Crippen LogP) is 3.95. The summed E-state index contributed by atoms with van der Waals surface area (Å²) < 4.78 is 6.87. The first-order chi connectivity index (χ1) is 16.0. The van der Waals surface area contributed by atoms with Crippen LogP contribution >= 0.6 is 0 Å². The van der Waals surface area contributed by atoms with Gasteiger partial charge in [-0.1, -0.05) is 36.8 Å². The number of unbranched alkanes of at least 4 members (excludes halogenated alkanes) is 2. The molecule has 1 heterocycles. The number of fused-ring (bicyclic) bond motifs is 1. The van der Waals surface area contributed by atoms with Crippen molar-refractivity contribution in [1.82, 2.24) is 14.9 Å². The summed E-state index contributed by atoms with van der Waals surface area (Å²) in [4.78, 5) is 31.5. The second-order valence-electron chi connectivity index (χ2n) is 8.39. The number of carbonyl (C=O) groups is 2. The van der Waals surface area contributed by atoms with Crippen LogP contribution in [0.4, 0.5) is 5.69 Å². The Labute approximate surface area is 195 Å². The van der Waals surface area contributed by atoms with Gasteiger partial charge in [-0.3, -0.25) is 9.59 Å². The van der Waals surface area contributed by atoms with E-state index in [-0.39, 0.29) is 31.0 Å². The molecule has 176 valence electrons. The van der Waals surface area contributed by atoms with Gasteiger partial charge in [0.1, 0.15) is 19.0 Å². The third-order valence-electron chi connectivity index (χ3n) is 5.52. The number of imidazole rings is 1. The van der Waals surface area contributed by atoms with Crippen LogP contribution in [0.3, 0.4) is 0 Å². The maximum Gasteiger partial charge on any atom is 0.247 e. The molecule has 2 aromatic carbocycles. The van der Waals surface area contributed by atoms with E-state index >= 15 is 0 Å². The molecule has 2 amide bonds. The van der Waals surface area contributed by atoms with Crippen LogP contribution < -0.4 is 10.2 Å². The highest BCUT2D eigenvalue weighted by Gasteiger charge is 2.21. The van der Waals surface area contributed by atoms with Crippen LogP contribution in [0.1, 0.15) is 38.9 Å². The molecule has 0 atom stereocenters. The van der Waals surface area contributed by atoms with Crippen molar-refractivity contribution in [2.75, 3.05) is 25.2 Å². The molecule has 0 aliphatic rings. The molecule has 0 unspecified atom stereocenters. The first-order valence-electron chi connectivity index (χ1n) is 11.6. The average molecular weight is 451 g/mol. The predicted molar refractivity (Wildman–Crippen MR) is 131 cm³/mol. The van der Waals surface area contributed by atoms with Gasteiger partial charge in [0.2, 0.25) is 11.8 Å². The van der Waals surface area contributed by atoms with Crippen LogP contribution in [0.5, 0.6) is 0 Å². The fraction of sp³-hybridized carbons (Fsp3) is 0.423. The van der Waals surface area contributed by atoms with Crippen molar-refractivity contribution < 1.29 is 14.3 Å². The molecule has 3 aromatic rings. The van der Waals surface area contributed by atoms with Gasteiger partial charge < -0.3 is 19.5 Å². The summed E-state index contributed by atoms with van der Waals surface area (Å²) in [6.07, 6.45) is 3.57. The zero-order valence-corrected chi connectivity index (χ0v) is 19.8. The summed E-state index contributed by atoms with van der Waals surface area (Å²) >= 11 is 0. The standard InChI is InChI=1S/C26H34N4O3/c1-20(2)30(21-12-6-4-7-13-21)26(32)18-29-23-15-10-9-14-22(23)28-24(29)16-8-5-11-17-27-25(31)19-33-3/h4,6-7,9-10,12-15,20H,5,8,11,16-19H2,1-3H3,(H,27,31). The number of amides is 2. The Morgan fingerprint density at radius 2 is 1.76 bits per heavy atom. The molecule has 0 bridgehead atoms. The number of nitrogens with one attached hydrogen (secondary N) is 1. The van der Waals surface area contributed by atoms with Crippen molar-refractivity contribution in [3.05, 3.63) is 60.4 Å². The number of hydrogen-bond acceptors (Lipinski definition) is 4. The van der Waals surface area contributed by atoms with E-state index in [0.29, 0.717) is 6.54 Å². The van der Waals surface area contributed by atoms with Crippen LogP contribution in [0.25, 0.3) is 11.0 Å². The van der Waals surface area contributed by atoms with E-state index in [1.807, 2.05) is 73.3 Å². The zero-order chi connectivity index (χ0) is 23.6. The van der Waals surface area contributed by atoms with E-state index in [0.717, 1.165) is 48.2 Å². The molecule has 0 aliphatic heterocycles. The molecule has 1 N–H and O–H groups in total. The quantitative estimate of drug-likeness (QED) is 0.424. The van der Waals surface area contributed by atoms with Crippen LogP contribution in [0.2, 0.25) is 0 Å². The molecule has 0 aliphatic carbocycles. The molecule has 7 heteroatoms. The smallest absolute Gasteiger partial charge is 0.247 e. The van der Waals surface area contributed by atoms with Gasteiger partial charge in [-0.25, -0.2) is 4.98 Å². The molecular formula is C26H34N4O3. The van der Waals surface area contributed by atoms with E-state index in [4.69, 9.17) is 9.72 Å². The Morgan fingerprint density at radius 3 is 2.48 bits per heavy atom. The number of nitrogens with zero attached hydrogens (tertiary/aromatic N) is 3. The van der Waals surface area contributed by atoms with Crippen LogP contribution in [0, 0.1) is 0 Å². The van der Waals surface area contributed by atoms with Crippen molar-refractivity contribution in [2.24, 2.45) is 0 Å². The molecule has 0 radical (unpaired) electrons. The highest BCUT2D eigenvalue weighted by atomic mass is 16.5. The van der Waals surface area contributed by atoms with Crippen molar-refractivity contribution in [3.63, 3.8) is 0 Å². The van der Waals surface area contributed by atoms with Crippen molar-refractivity contribution >= 4 is 28.5 Å². The third kappa shape index (κ3) is 6.65. The summed E-state index contributed by atoms with van der Waals surface area (Å²) in [5.41, 5.74) is 2.78.